The quantitative estimate of drug-likeness (QED) is 0.390. The molecule has 0 N–H and O–H groups in total. The number of likely N-dealkylation sites (tertiary alicyclic amines) is 1. The van der Waals surface area contributed by atoms with Crippen molar-refractivity contribution >= 4 is 22.6 Å². The van der Waals surface area contributed by atoms with Crippen LogP contribution in [0.5, 0.6) is 11.6 Å². The van der Waals surface area contributed by atoms with Crippen LogP contribution in [0.4, 0.5) is 14.9 Å². The van der Waals surface area contributed by atoms with Crippen LogP contribution in [0.25, 0.3) is 22.0 Å². The van der Waals surface area contributed by atoms with Gasteiger partial charge in [0.25, 0.3) is 0 Å². The lowest BCUT2D eigenvalue weighted by molar-refractivity contribution is 0.0234. The van der Waals surface area contributed by atoms with Gasteiger partial charge >= 0.3 is 6.03 Å². The van der Waals surface area contributed by atoms with Gasteiger partial charge in [0, 0.05) is 49.9 Å². The summed E-state index contributed by atoms with van der Waals surface area (Å²) in [5, 5.41) is 0.667. The van der Waals surface area contributed by atoms with Gasteiger partial charge in [-0.05, 0) is 63.7 Å². The van der Waals surface area contributed by atoms with Crippen LogP contribution in [0.3, 0.4) is 0 Å². The maximum absolute atomic E-state index is 15.7. The Morgan fingerprint density at radius 3 is 2.59 bits per heavy atom. The molecule has 6 rings (SSSR count). The van der Waals surface area contributed by atoms with Crippen molar-refractivity contribution in [2.45, 2.75) is 50.5 Å². The fourth-order valence-corrected chi connectivity index (χ4v) is 5.97. The zero-order valence-electron chi connectivity index (χ0n) is 22.8. The van der Waals surface area contributed by atoms with Gasteiger partial charge in [-0.3, -0.25) is 9.88 Å². The van der Waals surface area contributed by atoms with E-state index >= 15 is 4.39 Å². The van der Waals surface area contributed by atoms with Gasteiger partial charge in [-0.25, -0.2) is 14.2 Å². The number of carbonyl (C=O) groups excluding carboxylic acids is 1. The summed E-state index contributed by atoms with van der Waals surface area (Å²) in [5.41, 5.74) is 1.64. The van der Waals surface area contributed by atoms with Crippen molar-refractivity contribution in [3.05, 3.63) is 42.5 Å². The first kappa shape index (κ1) is 25.8. The number of pyridine rings is 2. The zero-order chi connectivity index (χ0) is 27.0. The number of urea groups is 1. The molecule has 2 fully saturated rings. The van der Waals surface area contributed by atoms with Crippen molar-refractivity contribution < 1.29 is 18.7 Å². The maximum Gasteiger partial charge on any atom is 0.324 e. The van der Waals surface area contributed by atoms with E-state index in [1.807, 2.05) is 19.2 Å². The first-order chi connectivity index (χ1) is 18.9. The number of ether oxygens (including phenoxy) is 2. The third-order valence-electron chi connectivity index (χ3n) is 8.66. The number of fused-ring (bicyclic) bond motifs is 1. The molecular formula is C30H36FN5O3. The number of piperidine rings is 1. The molecule has 1 aromatic carbocycles. The van der Waals surface area contributed by atoms with Crippen LogP contribution in [0.15, 0.2) is 36.7 Å². The number of benzene rings is 1. The van der Waals surface area contributed by atoms with E-state index in [0.29, 0.717) is 46.0 Å². The average Bonchev–Trinajstić information content (AvgIpc) is 2.94. The smallest absolute Gasteiger partial charge is 0.324 e. The lowest BCUT2D eigenvalue weighted by Gasteiger charge is -2.49. The van der Waals surface area contributed by atoms with Crippen molar-refractivity contribution in [3.63, 3.8) is 0 Å². The number of aromatic nitrogens is 2. The highest BCUT2D eigenvalue weighted by Gasteiger charge is 2.45. The first-order valence-corrected chi connectivity index (χ1v) is 14.0. The molecule has 2 aromatic heterocycles. The summed E-state index contributed by atoms with van der Waals surface area (Å²) in [6.07, 6.45) is 10.8. The summed E-state index contributed by atoms with van der Waals surface area (Å²) in [7, 11) is 3.56. The lowest BCUT2D eigenvalue weighted by Crippen LogP contribution is -2.60. The molecular weight excluding hydrogens is 497 g/mol. The number of amides is 2. The number of rotatable bonds is 6. The lowest BCUT2D eigenvalue weighted by atomic mass is 9.76. The zero-order valence-corrected chi connectivity index (χ0v) is 22.8. The molecule has 2 amide bonds. The van der Waals surface area contributed by atoms with Crippen molar-refractivity contribution in [1.29, 1.82) is 0 Å². The predicted octanol–water partition coefficient (Wildman–Crippen LogP) is 5.49. The Bertz CT molecular complexity index is 1350. The van der Waals surface area contributed by atoms with E-state index < -0.39 is 11.4 Å². The summed E-state index contributed by atoms with van der Waals surface area (Å²) >= 11 is 0. The van der Waals surface area contributed by atoms with E-state index in [1.165, 1.54) is 38.4 Å². The largest absolute Gasteiger partial charge is 0.490 e. The summed E-state index contributed by atoms with van der Waals surface area (Å²) < 4.78 is 28.0. The molecule has 2 aliphatic heterocycles. The number of halogens is 1. The molecule has 1 saturated carbocycles. The highest BCUT2D eigenvalue weighted by atomic mass is 19.1. The van der Waals surface area contributed by atoms with Crippen LogP contribution < -0.4 is 14.4 Å². The highest BCUT2D eigenvalue weighted by Crippen LogP contribution is 2.44. The van der Waals surface area contributed by atoms with Gasteiger partial charge in [-0.15, -0.1) is 0 Å². The monoisotopic (exact) mass is 533 g/mol. The minimum atomic E-state index is -0.424. The second kappa shape index (κ2) is 10.6. The van der Waals surface area contributed by atoms with Crippen molar-refractivity contribution in [2.24, 2.45) is 0 Å². The van der Waals surface area contributed by atoms with Crippen LogP contribution in [0.1, 0.15) is 44.9 Å². The number of likely N-dealkylation sites (N-methyl/N-ethyl adjacent to an activating group) is 1. The summed E-state index contributed by atoms with van der Waals surface area (Å²) in [6.45, 7) is 4.27. The Labute approximate surface area is 228 Å². The minimum Gasteiger partial charge on any atom is -0.490 e. The van der Waals surface area contributed by atoms with E-state index in [-0.39, 0.29) is 12.6 Å². The Morgan fingerprint density at radius 2 is 1.87 bits per heavy atom. The predicted molar refractivity (Wildman–Crippen MR) is 149 cm³/mol. The van der Waals surface area contributed by atoms with Gasteiger partial charge in [0.2, 0.25) is 5.88 Å². The van der Waals surface area contributed by atoms with Crippen molar-refractivity contribution in [2.75, 3.05) is 51.8 Å². The Morgan fingerprint density at radius 1 is 1.05 bits per heavy atom. The van der Waals surface area contributed by atoms with E-state index in [4.69, 9.17) is 9.47 Å². The maximum atomic E-state index is 15.7. The van der Waals surface area contributed by atoms with E-state index in [1.54, 1.807) is 35.3 Å². The number of hydrogen-bond acceptors (Lipinski definition) is 6. The normalized spacial score (nSPS) is 19.3. The molecule has 0 atom stereocenters. The van der Waals surface area contributed by atoms with Gasteiger partial charge in [0.15, 0.2) is 0 Å². The molecule has 206 valence electrons. The first-order valence-electron chi connectivity index (χ1n) is 14.0. The Balaban J connectivity index is 1.28. The van der Waals surface area contributed by atoms with Crippen LogP contribution in [-0.4, -0.2) is 78.3 Å². The molecule has 1 aliphatic carbocycles. The van der Waals surface area contributed by atoms with Crippen LogP contribution in [0.2, 0.25) is 0 Å². The van der Waals surface area contributed by atoms with E-state index in [9.17, 15) is 4.79 Å². The van der Waals surface area contributed by atoms with Gasteiger partial charge < -0.3 is 19.3 Å². The second-order valence-electron chi connectivity index (χ2n) is 11.1. The van der Waals surface area contributed by atoms with Crippen molar-refractivity contribution in [1.82, 2.24) is 19.8 Å². The van der Waals surface area contributed by atoms with Crippen LogP contribution >= 0.6 is 0 Å². The molecule has 1 spiro atoms. The number of anilines is 1. The average molecular weight is 534 g/mol. The molecule has 39 heavy (non-hydrogen) atoms. The van der Waals surface area contributed by atoms with Gasteiger partial charge in [-0.1, -0.05) is 6.42 Å². The second-order valence-corrected chi connectivity index (χ2v) is 11.1. The van der Waals surface area contributed by atoms with Gasteiger partial charge in [0.05, 0.1) is 35.1 Å². The molecule has 4 heterocycles. The molecule has 9 heteroatoms. The Kier molecular flexibility index (Phi) is 7.01. The molecule has 3 aromatic rings. The van der Waals surface area contributed by atoms with Crippen LogP contribution in [-0.2, 0) is 0 Å². The minimum absolute atomic E-state index is 0.110. The topological polar surface area (TPSA) is 71.0 Å². The Hall–Kier alpha value is -3.46. The molecule has 0 unspecified atom stereocenters. The van der Waals surface area contributed by atoms with Crippen molar-refractivity contribution in [3.8, 4) is 22.8 Å². The number of nitrogens with zero attached hydrogens (tertiary/aromatic N) is 5. The molecule has 2 bridgehead atoms. The van der Waals surface area contributed by atoms with E-state index in [2.05, 4.69) is 14.9 Å². The highest BCUT2D eigenvalue weighted by molar-refractivity contribution is 5.98. The molecule has 3 aliphatic rings. The standard InChI is InChI=1S/C30H36FN5O3/c1-34-22-16-23-25(32-19-22)17-24(31)27(28(23)39-20-30(10-6-11-30)35(2)29(34)37)21-8-9-26(33-18-21)38-15-7-14-36-12-4-3-5-13-36/h8-9,16-19H,3-7,10-15,20H2,1-2H3. The summed E-state index contributed by atoms with van der Waals surface area (Å²) in [6, 6.07) is 6.77. The number of carbonyl (C=O) groups is 1. The van der Waals surface area contributed by atoms with E-state index in [0.717, 1.165) is 32.2 Å². The molecule has 1 saturated heterocycles. The third-order valence-corrected chi connectivity index (χ3v) is 8.66. The SMILES string of the molecule is CN1C(=O)N(C)C2(CCC2)COc2c(-c3ccc(OCCCN4CCCCC4)nc3)c(F)cc3ncc1cc23. The fraction of sp³-hybridized carbons (Fsp3) is 0.500. The van der Waals surface area contributed by atoms with Gasteiger partial charge in [-0.2, -0.15) is 0 Å². The summed E-state index contributed by atoms with van der Waals surface area (Å²) in [5.74, 6) is 0.528. The third kappa shape index (κ3) is 4.88. The number of hydrogen-bond donors (Lipinski definition) is 0. The summed E-state index contributed by atoms with van der Waals surface area (Å²) in [4.78, 5) is 28.0. The fourth-order valence-electron chi connectivity index (χ4n) is 5.97. The molecule has 8 nitrogen and oxygen atoms in total. The van der Waals surface area contributed by atoms with Crippen LogP contribution in [0, 0.1) is 5.82 Å². The molecule has 0 radical (unpaired) electrons. The van der Waals surface area contributed by atoms with Gasteiger partial charge in [0.1, 0.15) is 18.2 Å².